The summed E-state index contributed by atoms with van der Waals surface area (Å²) < 4.78 is 16.8. The maximum Gasteiger partial charge on any atom is 0.306 e. The van der Waals surface area contributed by atoms with Gasteiger partial charge in [-0.2, -0.15) is 0 Å². The molecule has 1 atom stereocenters. The summed E-state index contributed by atoms with van der Waals surface area (Å²) in [5, 5.41) is 0. The Morgan fingerprint density at radius 3 is 0.845 bits per heavy atom. The Balaban J connectivity index is 4.24. The van der Waals surface area contributed by atoms with Crippen LogP contribution in [0.5, 0.6) is 0 Å². The molecule has 0 rings (SSSR count). The lowest BCUT2D eigenvalue weighted by molar-refractivity contribution is -0.167. The maximum atomic E-state index is 12.8. The van der Waals surface area contributed by atoms with Crippen molar-refractivity contribution >= 4 is 17.9 Å². The summed E-state index contributed by atoms with van der Waals surface area (Å²) in [5.74, 6) is 0.716. The van der Waals surface area contributed by atoms with Gasteiger partial charge >= 0.3 is 17.9 Å². The molecule has 0 N–H and O–H groups in total. The summed E-state index contributed by atoms with van der Waals surface area (Å²) in [5.41, 5.74) is 0. The summed E-state index contributed by atoms with van der Waals surface area (Å²) in [7, 11) is 0. The molecule has 0 unspecified atom stereocenters. The van der Waals surface area contributed by atoms with Gasteiger partial charge in [0, 0.05) is 19.3 Å². The first-order valence-electron chi connectivity index (χ1n) is 25.7. The zero-order valence-corrected chi connectivity index (χ0v) is 39.7. The zero-order chi connectivity index (χ0) is 42.6. The van der Waals surface area contributed by atoms with Crippen molar-refractivity contribution in [3.05, 3.63) is 0 Å². The van der Waals surface area contributed by atoms with Crippen molar-refractivity contribution in [2.45, 2.75) is 291 Å². The second kappa shape index (κ2) is 44.9. The van der Waals surface area contributed by atoms with Gasteiger partial charge in [-0.05, 0) is 31.1 Å². The van der Waals surface area contributed by atoms with Crippen LogP contribution in [0.2, 0.25) is 0 Å². The van der Waals surface area contributed by atoms with Crippen LogP contribution in [0.1, 0.15) is 285 Å². The minimum Gasteiger partial charge on any atom is -0.462 e. The van der Waals surface area contributed by atoms with Gasteiger partial charge in [-0.1, -0.05) is 247 Å². The minimum atomic E-state index is -0.762. The highest BCUT2D eigenvalue weighted by Gasteiger charge is 2.19. The predicted octanol–water partition coefficient (Wildman–Crippen LogP) is 16.5. The molecular weight excluding hydrogens is 721 g/mol. The first-order chi connectivity index (χ1) is 28.2. The summed E-state index contributed by atoms with van der Waals surface area (Å²) in [4.78, 5) is 37.8. The second-order valence-electron chi connectivity index (χ2n) is 18.8. The molecule has 6 heteroatoms. The summed E-state index contributed by atoms with van der Waals surface area (Å²) >= 11 is 0. The second-order valence-corrected chi connectivity index (χ2v) is 18.8. The molecule has 0 aromatic rings. The van der Waals surface area contributed by atoms with Gasteiger partial charge in [0.2, 0.25) is 0 Å². The molecule has 0 saturated heterocycles. The standard InChI is InChI=1S/C52H100O6/c1-6-7-8-9-10-11-12-13-14-15-16-17-18-19-20-23-27-34-39-44-52(55)58-49(46-57-51(54)43-38-33-29-28-31-36-41-48(4)5)45-56-50(53)42-37-32-26-24-21-22-25-30-35-40-47(2)3/h47-49H,6-46H2,1-5H3/t49-/m0/s1. The zero-order valence-electron chi connectivity index (χ0n) is 39.7. The van der Waals surface area contributed by atoms with Crippen LogP contribution in [0.4, 0.5) is 0 Å². The van der Waals surface area contributed by atoms with Crippen molar-refractivity contribution < 1.29 is 28.6 Å². The molecule has 0 aromatic heterocycles. The van der Waals surface area contributed by atoms with Crippen LogP contribution >= 0.6 is 0 Å². The van der Waals surface area contributed by atoms with Gasteiger partial charge in [-0.3, -0.25) is 14.4 Å². The van der Waals surface area contributed by atoms with Crippen molar-refractivity contribution in [1.29, 1.82) is 0 Å². The van der Waals surface area contributed by atoms with E-state index >= 15 is 0 Å². The number of carbonyl (C=O) groups is 3. The van der Waals surface area contributed by atoms with Crippen molar-refractivity contribution in [2.75, 3.05) is 13.2 Å². The summed E-state index contributed by atoms with van der Waals surface area (Å²) in [6.07, 6.45) is 45.4. The monoisotopic (exact) mass is 821 g/mol. The van der Waals surface area contributed by atoms with Crippen LogP contribution in [-0.4, -0.2) is 37.2 Å². The molecule has 0 aliphatic carbocycles. The van der Waals surface area contributed by atoms with Crippen LogP contribution < -0.4 is 0 Å². The number of esters is 3. The Bertz CT molecular complexity index is 885. The average molecular weight is 821 g/mol. The van der Waals surface area contributed by atoms with E-state index in [-0.39, 0.29) is 31.1 Å². The van der Waals surface area contributed by atoms with Gasteiger partial charge in [0.1, 0.15) is 13.2 Å². The molecule has 0 radical (unpaired) electrons. The fourth-order valence-electron chi connectivity index (χ4n) is 7.81. The average Bonchev–Trinajstić information content (AvgIpc) is 3.19. The fraction of sp³-hybridized carbons (Fsp3) is 0.942. The number of hydrogen-bond acceptors (Lipinski definition) is 6. The number of rotatable bonds is 46. The molecule has 6 nitrogen and oxygen atoms in total. The van der Waals surface area contributed by atoms with E-state index in [0.29, 0.717) is 19.3 Å². The highest BCUT2D eigenvalue weighted by atomic mass is 16.6. The van der Waals surface area contributed by atoms with Crippen LogP contribution in [0.25, 0.3) is 0 Å². The van der Waals surface area contributed by atoms with E-state index in [1.54, 1.807) is 0 Å². The van der Waals surface area contributed by atoms with Crippen LogP contribution in [-0.2, 0) is 28.6 Å². The Kier molecular flexibility index (Phi) is 43.7. The van der Waals surface area contributed by atoms with Gasteiger partial charge in [0.25, 0.3) is 0 Å². The third-order valence-electron chi connectivity index (χ3n) is 11.7. The summed E-state index contributed by atoms with van der Waals surface area (Å²) in [6.45, 7) is 11.3. The molecule has 0 aliphatic heterocycles. The van der Waals surface area contributed by atoms with E-state index in [1.165, 1.54) is 173 Å². The molecule has 0 amide bonds. The normalized spacial score (nSPS) is 12.1. The Morgan fingerprint density at radius 2 is 0.569 bits per heavy atom. The molecular formula is C52H100O6. The minimum absolute atomic E-state index is 0.0652. The lowest BCUT2D eigenvalue weighted by Crippen LogP contribution is -2.30. The van der Waals surface area contributed by atoms with Gasteiger partial charge in [-0.25, -0.2) is 0 Å². The molecule has 0 aliphatic rings. The number of unbranched alkanes of at least 4 members (excludes halogenated alkanes) is 31. The van der Waals surface area contributed by atoms with Gasteiger partial charge in [0.05, 0.1) is 0 Å². The Morgan fingerprint density at radius 1 is 0.328 bits per heavy atom. The highest BCUT2D eigenvalue weighted by molar-refractivity contribution is 5.71. The first kappa shape index (κ1) is 56.4. The van der Waals surface area contributed by atoms with Crippen molar-refractivity contribution in [2.24, 2.45) is 11.8 Å². The molecule has 58 heavy (non-hydrogen) atoms. The Labute approximate surface area is 361 Å². The molecule has 0 aromatic carbocycles. The molecule has 0 fully saturated rings. The summed E-state index contributed by atoms with van der Waals surface area (Å²) in [6, 6.07) is 0. The smallest absolute Gasteiger partial charge is 0.306 e. The third kappa shape index (κ3) is 45.5. The van der Waals surface area contributed by atoms with Crippen LogP contribution in [0.3, 0.4) is 0 Å². The molecule has 0 heterocycles. The number of hydrogen-bond donors (Lipinski definition) is 0. The quantitative estimate of drug-likeness (QED) is 0.0346. The van der Waals surface area contributed by atoms with Crippen molar-refractivity contribution in [3.8, 4) is 0 Å². The van der Waals surface area contributed by atoms with Crippen LogP contribution in [0.15, 0.2) is 0 Å². The van der Waals surface area contributed by atoms with E-state index in [1.807, 2.05) is 0 Å². The van der Waals surface area contributed by atoms with Crippen molar-refractivity contribution in [1.82, 2.24) is 0 Å². The lowest BCUT2D eigenvalue weighted by Gasteiger charge is -2.18. The largest absolute Gasteiger partial charge is 0.462 e. The predicted molar refractivity (Wildman–Crippen MR) is 247 cm³/mol. The fourth-order valence-corrected chi connectivity index (χ4v) is 7.81. The Hall–Kier alpha value is -1.59. The van der Waals surface area contributed by atoms with Gasteiger partial charge < -0.3 is 14.2 Å². The van der Waals surface area contributed by atoms with E-state index in [4.69, 9.17) is 14.2 Å². The maximum absolute atomic E-state index is 12.8. The highest BCUT2D eigenvalue weighted by Crippen LogP contribution is 2.17. The number of carbonyl (C=O) groups excluding carboxylic acids is 3. The SMILES string of the molecule is CCCCCCCCCCCCCCCCCCCCCC(=O)O[C@@H](COC(=O)CCCCCCCCCCCC(C)C)COC(=O)CCCCCCCCC(C)C. The van der Waals surface area contributed by atoms with Crippen molar-refractivity contribution in [3.63, 3.8) is 0 Å². The van der Waals surface area contributed by atoms with E-state index in [0.717, 1.165) is 69.6 Å². The van der Waals surface area contributed by atoms with Crippen LogP contribution in [0, 0.1) is 11.8 Å². The third-order valence-corrected chi connectivity index (χ3v) is 11.7. The topological polar surface area (TPSA) is 78.9 Å². The van der Waals surface area contributed by atoms with Gasteiger partial charge in [-0.15, -0.1) is 0 Å². The molecule has 0 spiro atoms. The first-order valence-corrected chi connectivity index (χ1v) is 25.7. The lowest BCUT2D eigenvalue weighted by atomic mass is 10.0. The molecule has 0 bridgehead atoms. The molecule has 0 saturated carbocycles. The molecule has 344 valence electrons. The number of ether oxygens (including phenoxy) is 3. The van der Waals surface area contributed by atoms with E-state index in [2.05, 4.69) is 34.6 Å². The van der Waals surface area contributed by atoms with E-state index < -0.39 is 6.10 Å². The van der Waals surface area contributed by atoms with Gasteiger partial charge in [0.15, 0.2) is 6.10 Å². The van der Waals surface area contributed by atoms with E-state index in [9.17, 15) is 14.4 Å².